The molecule has 1 fully saturated rings. The zero-order valence-electron chi connectivity index (χ0n) is 6.33. The lowest BCUT2D eigenvalue weighted by molar-refractivity contribution is -0.123. The number of carbonyl (C=O) groups excluding carboxylic acids is 1. The fraction of sp³-hybridized carbons (Fsp3) is 0.800. The first kappa shape index (κ1) is 8.25. The highest BCUT2D eigenvalue weighted by atomic mass is 16.4. The van der Waals surface area contributed by atoms with Gasteiger partial charge in [0, 0.05) is 7.05 Å². The van der Waals surface area contributed by atoms with E-state index >= 15 is 0 Å². The summed E-state index contributed by atoms with van der Waals surface area (Å²) < 4.78 is 0. The predicted molar refractivity (Wildman–Crippen MR) is 36.3 cm³/mol. The van der Waals surface area contributed by atoms with Gasteiger partial charge in [-0.2, -0.15) is 0 Å². The third kappa shape index (κ3) is 1.05. The van der Waals surface area contributed by atoms with E-state index in [2.05, 4.69) is 10.6 Å². The third-order valence-electron chi connectivity index (χ3n) is 1.74. The van der Waals surface area contributed by atoms with Crippen LogP contribution in [0.4, 0.5) is 4.79 Å². The summed E-state index contributed by atoms with van der Waals surface area (Å²) in [6, 6.07) is -0.519. The number of nitrogens with zero attached hydrogens (tertiary/aromatic N) is 1. The maximum Gasteiger partial charge on any atom is 0.322 e. The normalized spacial score (nSPS) is 37.6. The lowest BCUT2D eigenvalue weighted by Gasteiger charge is -2.25. The highest BCUT2D eigenvalue weighted by Crippen LogP contribution is 2.13. The first-order valence-electron chi connectivity index (χ1n) is 3.15. The quantitative estimate of drug-likeness (QED) is 0.330. The van der Waals surface area contributed by atoms with Gasteiger partial charge in [-0.3, -0.25) is 15.5 Å². The number of nitrogens with one attached hydrogen (secondary N) is 2. The van der Waals surface area contributed by atoms with E-state index in [4.69, 9.17) is 0 Å². The van der Waals surface area contributed by atoms with E-state index < -0.39 is 18.1 Å². The minimum Gasteiger partial charge on any atom is -0.368 e. The van der Waals surface area contributed by atoms with Gasteiger partial charge in [-0.1, -0.05) is 0 Å². The minimum absolute atomic E-state index is 0.519. The van der Waals surface area contributed by atoms with Gasteiger partial charge in [-0.15, -0.1) is 0 Å². The minimum atomic E-state index is -1.73. The van der Waals surface area contributed by atoms with Crippen molar-refractivity contribution in [2.75, 3.05) is 14.1 Å². The molecule has 0 spiro atoms. The Hall–Kier alpha value is -0.850. The van der Waals surface area contributed by atoms with Crippen molar-refractivity contribution in [3.63, 3.8) is 0 Å². The molecule has 1 aliphatic heterocycles. The van der Waals surface area contributed by atoms with Crippen LogP contribution >= 0.6 is 0 Å². The summed E-state index contributed by atoms with van der Waals surface area (Å²) in [5.41, 5.74) is 0. The van der Waals surface area contributed by atoms with E-state index in [9.17, 15) is 15.0 Å². The summed E-state index contributed by atoms with van der Waals surface area (Å²) in [5, 5.41) is 23.1. The molecular formula is C5H11N3O3. The van der Waals surface area contributed by atoms with Crippen LogP contribution in [-0.4, -0.2) is 47.3 Å². The number of aliphatic hydroxyl groups excluding tert-OH is 1. The monoisotopic (exact) mass is 161 g/mol. The second-order valence-electron chi connectivity index (χ2n) is 2.43. The lowest BCUT2D eigenvalue weighted by Crippen LogP contribution is -2.59. The highest BCUT2D eigenvalue weighted by Gasteiger charge is 2.47. The Balaban J connectivity index is 2.82. The van der Waals surface area contributed by atoms with Gasteiger partial charge in [0.1, 0.15) is 0 Å². The van der Waals surface area contributed by atoms with Gasteiger partial charge in [0.25, 0.3) is 0 Å². The summed E-state index contributed by atoms with van der Waals surface area (Å²) >= 11 is 0. The highest BCUT2D eigenvalue weighted by molar-refractivity contribution is 5.77. The molecular weight excluding hydrogens is 150 g/mol. The zero-order chi connectivity index (χ0) is 8.65. The molecule has 0 radical (unpaired) electrons. The standard InChI is InChI=1S/C5H11N3O3/c1-6-5(11)3(9)8(2)4(10)7-5/h3,6,9,11H,1-2H3,(H,7,10). The van der Waals surface area contributed by atoms with Crippen molar-refractivity contribution in [2.45, 2.75) is 12.1 Å². The van der Waals surface area contributed by atoms with Gasteiger partial charge < -0.3 is 10.2 Å². The molecule has 0 aliphatic carbocycles. The summed E-state index contributed by atoms with van der Waals surface area (Å²) in [6.45, 7) is 0. The van der Waals surface area contributed by atoms with E-state index in [1.807, 2.05) is 0 Å². The first-order chi connectivity index (χ1) is 5.01. The van der Waals surface area contributed by atoms with Gasteiger partial charge in [-0.25, -0.2) is 4.79 Å². The maximum absolute atomic E-state index is 10.8. The second-order valence-corrected chi connectivity index (χ2v) is 2.43. The summed E-state index contributed by atoms with van der Waals surface area (Å²) in [7, 11) is 2.82. The maximum atomic E-state index is 10.8. The average molecular weight is 161 g/mol. The van der Waals surface area contributed by atoms with Gasteiger partial charge in [0.2, 0.25) is 5.85 Å². The number of rotatable bonds is 1. The fourth-order valence-corrected chi connectivity index (χ4v) is 0.899. The van der Waals surface area contributed by atoms with E-state index in [1.165, 1.54) is 14.1 Å². The van der Waals surface area contributed by atoms with Crippen LogP contribution in [0.1, 0.15) is 0 Å². The van der Waals surface area contributed by atoms with Crippen molar-refractivity contribution < 1.29 is 15.0 Å². The number of aliphatic hydroxyl groups is 2. The van der Waals surface area contributed by atoms with Crippen LogP contribution in [0.2, 0.25) is 0 Å². The number of carbonyl (C=O) groups is 1. The molecule has 0 aromatic carbocycles. The molecule has 1 saturated heterocycles. The molecule has 2 atom stereocenters. The Labute approximate surface area is 63.8 Å². The molecule has 64 valence electrons. The Bertz CT molecular complexity index is 186. The van der Waals surface area contributed by atoms with Crippen LogP contribution in [0.25, 0.3) is 0 Å². The van der Waals surface area contributed by atoms with Crippen molar-refractivity contribution >= 4 is 6.03 Å². The molecule has 0 bridgehead atoms. The molecule has 1 rings (SSSR count). The lowest BCUT2D eigenvalue weighted by atomic mass is 10.4. The van der Waals surface area contributed by atoms with Crippen LogP contribution in [0.5, 0.6) is 0 Å². The van der Waals surface area contributed by atoms with Crippen LogP contribution in [0, 0.1) is 0 Å². The van der Waals surface area contributed by atoms with Gasteiger partial charge >= 0.3 is 6.03 Å². The number of hydrogen-bond donors (Lipinski definition) is 4. The number of hydrogen-bond acceptors (Lipinski definition) is 4. The van der Waals surface area contributed by atoms with Gasteiger partial charge in [-0.05, 0) is 7.05 Å². The molecule has 2 amide bonds. The van der Waals surface area contributed by atoms with E-state index in [-0.39, 0.29) is 0 Å². The Morgan fingerprint density at radius 3 is 2.55 bits per heavy atom. The largest absolute Gasteiger partial charge is 0.368 e. The molecule has 6 heteroatoms. The Morgan fingerprint density at radius 1 is 1.82 bits per heavy atom. The third-order valence-corrected chi connectivity index (χ3v) is 1.74. The summed E-state index contributed by atoms with van der Waals surface area (Å²) in [5.74, 6) is -1.73. The second kappa shape index (κ2) is 2.33. The van der Waals surface area contributed by atoms with E-state index in [0.717, 1.165) is 4.90 Å². The topological polar surface area (TPSA) is 84.8 Å². The van der Waals surface area contributed by atoms with Crippen LogP contribution in [0.15, 0.2) is 0 Å². The molecule has 4 N–H and O–H groups in total. The van der Waals surface area contributed by atoms with Crippen molar-refractivity contribution in [3.05, 3.63) is 0 Å². The van der Waals surface area contributed by atoms with Crippen LogP contribution in [-0.2, 0) is 0 Å². The molecule has 6 nitrogen and oxygen atoms in total. The van der Waals surface area contributed by atoms with E-state index in [0.29, 0.717) is 0 Å². The first-order valence-corrected chi connectivity index (χ1v) is 3.15. The van der Waals surface area contributed by atoms with Gasteiger partial charge in [0.15, 0.2) is 6.23 Å². The fourth-order valence-electron chi connectivity index (χ4n) is 0.899. The molecule has 0 aromatic rings. The van der Waals surface area contributed by atoms with Crippen molar-refractivity contribution in [3.8, 4) is 0 Å². The summed E-state index contributed by atoms with van der Waals surface area (Å²) in [4.78, 5) is 11.8. The SMILES string of the molecule is CNC1(O)NC(=O)N(C)C1O. The van der Waals surface area contributed by atoms with Crippen LogP contribution in [0.3, 0.4) is 0 Å². The molecule has 1 aliphatic rings. The van der Waals surface area contributed by atoms with E-state index in [1.54, 1.807) is 0 Å². The number of amides is 2. The van der Waals surface area contributed by atoms with Crippen molar-refractivity contribution in [2.24, 2.45) is 0 Å². The number of urea groups is 1. The molecule has 0 aromatic heterocycles. The molecule has 11 heavy (non-hydrogen) atoms. The smallest absolute Gasteiger partial charge is 0.322 e. The molecule has 2 unspecified atom stereocenters. The van der Waals surface area contributed by atoms with Crippen LogP contribution < -0.4 is 10.6 Å². The molecule has 1 heterocycles. The van der Waals surface area contributed by atoms with Crippen molar-refractivity contribution in [1.29, 1.82) is 0 Å². The van der Waals surface area contributed by atoms with Gasteiger partial charge in [0.05, 0.1) is 0 Å². The predicted octanol–water partition coefficient (Wildman–Crippen LogP) is -2.17. The Kier molecular flexibility index (Phi) is 1.75. The number of likely N-dealkylation sites (N-methyl/N-ethyl adjacent to an activating group) is 2. The summed E-state index contributed by atoms with van der Waals surface area (Å²) in [6.07, 6.45) is -1.26. The Morgan fingerprint density at radius 2 is 2.36 bits per heavy atom. The zero-order valence-corrected chi connectivity index (χ0v) is 6.33. The average Bonchev–Trinajstić information content (AvgIpc) is 2.17. The van der Waals surface area contributed by atoms with Crippen molar-refractivity contribution in [1.82, 2.24) is 15.5 Å². The molecule has 0 saturated carbocycles.